The smallest absolute Gasteiger partial charge is 0.316 e. The van der Waals surface area contributed by atoms with Crippen molar-refractivity contribution in [3.63, 3.8) is 0 Å². The molecule has 0 saturated heterocycles. The number of benzene rings is 1. The summed E-state index contributed by atoms with van der Waals surface area (Å²) in [5.74, 6) is -0.192. The summed E-state index contributed by atoms with van der Waals surface area (Å²) in [4.78, 5) is 27.9. The zero-order valence-corrected chi connectivity index (χ0v) is 9.03. The Kier molecular flexibility index (Phi) is 4.35. The van der Waals surface area contributed by atoms with Crippen LogP contribution in [0.4, 0.5) is 5.69 Å². The minimum atomic E-state index is -0.645. The van der Waals surface area contributed by atoms with Crippen LogP contribution >= 0.6 is 0 Å². The SMILES string of the molecule is C[C@@H](N)Cc1ccc(OON=O)c([N+](=O)[O-])c1. The Hall–Kier alpha value is -2.22. The lowest BCUT2D eigenvalue weighted by Crippen LogP contribution is -2.17. The number of hydrogen-bond donors (Lipinski definition) is 1. The van der Waals surface area contributed by atoms with Gasteiger partial charge in [-0.3, -0.25) is 15.0 Å². The van der Waals surface area contributed by atoms with Crippen molar-refractivity contribution >= 4 is 5.69 Å². The van der Waals surface area contributed by atoms with E-state index in [9.17, 15) is 15.0 Å². The van der Waals surface area contributed by atoms with Crippen molar-refractivity contribution in [1.82, 2.24) is 0 Å². The molecule has 92 valence electrons. The van der Waals surface area contributed by atoms with Crippen LogP contribution in [0.25, 0.3) is 0 Å². The second-order valence-corrected chi connectivity index (χ2v) is 3.47. The van der Waals surface area contributed by atoms with E-state index in [4.69, 9.17) is 5.73 Å². The van der Waals surface area contributed by atoms with Crippen molar-refractivity contribution in [2.45, 2.75) is 19.4 Å². The summed E-state index contributed by atoms with van der Waals surface area (Å²) in [5.41, 5.74) is 5.97. The van der Waals surface area contributed by atoms with Crippen molar-refractivity contribution in [2.24, 2.45) is 11.1 Å². The van der Waals surface area contributed by atoms with Gasteiger partial charge in [-0.25, -0.2) is 0 Å². The molecular weight excluding hydrogens is 230 g/mol. The van der Waals surface area contributed by atoms with Crippen LogP contribution in [-0.4, -0.2) is 11.0 Å². The monoisotopic (exact) mass is 241 g/mol. The van der Waals surface area contributed by atoms with Crippen LogP contribution in [-0.2, 0) is 11.4 Å². The van der Waals surface area contributed by atoms with Crippen LogP contribution < -0.4 is 10.6 Å². The first kappa shape index (κ1) is 12.8. The van der Waals surface area contributed by atoms with E-state index in [2.05, 4.69) is 9.88 Å². The molecule has 0 aliphatic rings. The van der Waals surface area contributed by atoms with E-state index < -0.39 is 4.92 Å². The molecule has 1 rings (SSSR count). The zero-order chi connectivity index (χ0) is 12.8. The lowest BCUT2D eigenvalue weighted by molar-refractivity contribution is -0.388. The number of nitro benzene ring substituents is 1. The van der Waals surface area contributed by atoms with E-state index in [-0.39, 0.29) is 17.5 Å². The van der Waals surface area contributed by atoms with Gasteiger partial charge in [0.2, 0.25) is 5.34 Å². The van der Waals surface area contributed by atoms with Gasteiger partial charge in [0.05, 0.1) is 4.92 Å². The minimum Gasteiger partial charge on any atom is -0.328 e. The van der Waals surface area contributed by atoms with Gasteiger partial charge in [0.1, 0.15) is 0 Å². The highest BCUT2D eigenvalue weighted by Gasteiger charge is 2.18. The minimum absolute atomic E-state index is 0.116. The highest BCUT2D eigenvalue weighted by atomic mass is 17.3. The molecule has 0 radical (unpaired) electrons. The maximum atomic E-state index is 10.8. The first-order valence-electron chi connectivity index (χ1n) is 4.74. The standard InChI is InChI=1S/C9H11N3O5/c1-6(10)4-7-2-3-9(16-17-11-13)8(5-7)12(14)15/h2-3,5-6H,4,10H2,1H3/t6-/m1/s1. The quantitative estimate of drug-likeness (QED) is 0.349. The summed E-state index contributed by atoms with van der Waals surface area (Å²) in [6, 6.07) is 4.11. The predicted molar refractivity (Wildman–Crippen MR) is 58.0 cm³/mol. The van der Waals surface area contributed by atoms with Crippen molar-refractivity contribution < 1.29 is 14.8 Å². The topological polar surface area (TPSA) is 117 Å². The average Bonchev–Trinajstić information content (AvgIpc) is 2.26. The molecule has 17 heavy (non-hydrogen) atoms. The second-order valence-electron chi connectivity index (χ2n) is 3.47. The number of nitrogens with two attached hydrogens (primary N) is 1. The highest BCUT2D eigenvalue weighted by molar-refractivity contribution is 5.48. The molecule has 1 aromatic rings. The highest BCUT2D eigenvalue weighted by Crippen LogP contribution is 2.28. The Bertz CT molecular complexity index is 421. The van der Waals surface area contributed by atoms with Gasteiger partial charge < -0.3 is 5.73 Å². The Morgan fingerprint density at radius 2 is 2.29 bits per heavy atom. The first-order chi connectivity index (χ1) is 8.04. The van der Waals surface area contributed by atoms with Crippen molar-refractivity contribution in [2.75, 3.05) is 0 Å². The van der Waals surface area contributed by atoms with Crippen LogP contribution in [0, 0.1) is 15.0 Å². The molecule has 0 amide bonds. The van der Waals surface area contributed by atoms with E-state index in [1.807, 2.05) is 5.34 Å². The molecule has 0 unspecified atom stereocenters. The summed E-state index contributed by atoms with van der Waals surface area (Å²) < 4.78 is 0. The molecule has 0 aromatic heterocycles. The normalized spacial score (nSPS) is 11.6. The van der Waals surface area contributed by atoms with Crippen molar-refractivity contribution in [3.8, 4) is 5.75 Å². The number of nitrogens with zero attached hydrogens (tertiary/aromatic N) is 2. The third-order valence-electron chi connectivity index (χ3n) is 1.94. The summed E-state index contributed by atoms with van der Waals surface area (Å²) in [6.07, 6.45) is 0.494. The zero-order valence-electron chi connectivity index (χ0n) is 9.03. The molecule has 0 aliphatic carbocycles. The van der Waals surface area contributed by atoms with Gasteiger partial charge in [0.25, 0.3) is 5.75 Å². The fourth-order valence-corrected chi connectivity index (χ4v) is 1.33. The third-order valence-corrected chi connectivity index (χ3v) is 1.94. The van der Waals surface area contributed by atoms with E-state index in [1.54, 1.807) is 13.0 Å². The molecule has 0 aliphatic heterocycles. The fourth-order valence-electron chi connectivity index (χ4n) is 1.33. The summed E-state index contributed by atoms with van der Waals surface area (Å²) in [5, 5.41) is 12.7. The molecule has 0 spiro atoms. The van der Waals surface area contributed by atoms with Gasteiger partial charge in [0, 0.05) is 12.1 Å². The Morgan fingerprint density at radius 3 is 2.82 bits per heavy atom. The molecule has 0 bridgehead atoms. The van der Waals surface area contributed by atoms with E-state index in [0.717, 1.165) is 0 Å². The van der Waals surface area contributed by atoms with E-state index in [1.165, 1.54) is 12.1 Å². The summed E-state index contributed by atoms with van der Waals surface area (Å²) >= 11 is 0. The molecule has 8 nitrogen and oxygen atoms in total. The molecule has 8 heteroatoms. The van der Waals surface area contributed by atoms with Crippen molar-refractivity contribution in [3.05, 3.63) is 38.8 Å². The molecule has 0 heterocycles. The van der Waals surface area contributed by atoms with Gasteiger partial charge >= 0.3 is 5.69 Å². The molecule has 0 saturated carbocycles. The van der Waals surface area contributed by atoms with E-state index in [0.29, 0.717) is 12.0 Å². The fraction of sp³-hybridized carbons (Fsp3) is 0.333. The lowest BCUT2D eigenvalue weighted by Gasteiger charge is -2.06. The number of rotatable bonds is 6. The summed E-state index contributed by atoms with van der Waals surface area (Å²) in [7, 11) is 0. The molecule has 1 atom stereocenters. The maximum Gasteiger partial charge on any atom is 0.316 e. The van der Waals surface area contributed by atoms with E-state index >= 15 is 0 Å². The summed E-state index contributed by atoms with van der Waals surface area (Å²) in [6.45, 7) is 1.79. The molecule has 2 N–H and O–H groups in total. The molecule has 1 aromatic carbocycles. The number of nitro groups is 1. The second kappa shape index (κ2) is 5.75. The largest absolute Gasteiger partial charge is 0.328 e. The van der Waals surface area contributed by atoms with Crippen LogP contribution in [0.15, 0.2) is 23.5 Å². The van der Waals surface area contributed by atoms with Crippen LogP contribution in [0.3, 0.4) is 0 Å². The Balaban J connectivity index is 2.99. The van der Waals surface area contributed by atoms with Crippen LogP contribution in [0.5, 0.6) is 5.75 Å². The first-order valence-corrected chi connectivity index (χ1v) is 4.74. The third kappa shape index (κ3) is 3.68. The Labute approximate surface area is 96.3 Å². The van der Waals surface area contributed by atoms with Gasteiger partial charge in [0.15, 0.2) is 0 Å². The predicted octanol–water partition coefficient (Wildman–Crippen LogP) is 1.48. The average molecular weight is 241 g/mol. The lowest BCUT2D eigenvalue weighted by atomic mass is 10.1. The Morgan fingerprint density at radius 1 is 1.59 bits per heavy atom. The van der Waals surface area contributed by atoms with Gasteiger partial charge in [-0.15, -0.1) is 9.90 Å². The van der Waals surface area contributed by atoms with Crippen molar-refractivity contribution in [1.29, 1.82) is 0 Å². The number of hydrogen-bond acceptors (Lipinski definition) is 7. The van der Waals surface area contributed by atoms with Crippen LogP contribution in [0.2, 0.25) is 0 Å². The van der Waals surface area contributed by atoms with Gasteiger partial charge in [-0.1, -0.05) is 6.07 Å². The van der Waals surface area contributed by atoms with Crippen LogP contribution in [0.1, 0.15) is 12.5 Å². The van der Waals surface area contributed by atoms with Gasteiger partial charge in [-0.05, 0) is 25.0 Å². The van der Waals surface area contributed by atoms with Gasteiger partial charge in [-0.2, -0.15) is 0 Å². The molecule has 0 fully saturated rings. The maximum absolute atomic E-state index is 10.8. The molecular formula is C9H11N3O5.